The van der Waals surface area contributed by atoms with Crippen molar-refractivity contribution in [1.82, 2.24) is 14.8 Å². The van der Waals surface area contributed by atoms with Crippen LogP contribution in [0.4, 0.5) is 0 Å². The Morgan fingerprint density at radius 3 is 2.95 bits per heavy atom. The van der Waals surface area contributed by atoms with Crippen LogP contribution in [0.2, 0.25) is 0 Å². The first kappa shape index (κ1) is 13.3. The van der Waals surface area contributed by atoms with Gasteiger partial charge in [0.05, 0.1) is 28.3 Å². The quantitative estimate of drug-likeness (QED) is 0.696. The summed E-state index contributed by atoms with van der Waals surface area (Å²) in [5, 5.41) is 7.90. The van der Waals surface area contributed by atoms with E-state index < -0.39 is 0 Å². The second-order valence-electron chi connectivity index (χ2n) is 4.37. The Morgan fingerprint density at radius 1 is 1.30 bits per heavy atom. The first-order valence-corrected chi connectivity index (χ1v) is 7.63. The number of benzene rings is 1. The fourth-order valence-corrected chi connectivity index (χ4v) is 3.08. The summed E-state index contributed by atoms with van der Waals surface area (Å²) in [4.78, 5) is 16.2. The van der Waals surface area contributed by atoms with Crippen LogP contribution in [0.15, 0.2) is 40.6 Å². The van der Waals surface area contributed by atoms with Gasteiger partial charge < -0.3 is 0 Å². The Bertz CT molecular complexity index is 796. The van der Waals surface area contributed by atoms with E-state index in [0.29, 0.717) is 17.8 Å². The lowest BCUT2D eigenvalue weighted by atomic mass is 10.2. The van der Waals surface area contributed by atoms with E-state index in [9.17, 15) is 4.79 Å². The number of thiazole rings is 1. The Hall–Kier alpha value is -1.72. The molecule has 20 heavy (non-hydrogen) atoms. The van der Waals surface area contributed by atoms with Crippen molar-refractivity contribution < 1.29 is 0 Å². The Morgan fingerprint density at radius 2 is 2.15 bits per heavy atom. The van der Waals surface area contributed by atoms with E-state index in [1.165, 1.54) is 6.20 Å². The zero-order chi connectivity index (χ0) is 13.9. The minimum absolute atomic E-state index is 0.0458. The maximum Gasteiger partial charge on any atom is 0.207 e. The van der Waals surface area contributed by atoms with Crippen molar-refractivity contribution in [2.24, 2.45) is 0 Å². The fraction of sp³-hybridized carbons (Fsp3) is 0.214. The molecule has 2 heterocycles. The van der Waals surface area contributed by atoms with E-state index in [1.807, 2.05) is 34.3 Å². The lowest BCUT2D eigenvalue weighted by Crippen LogP contribution is -2.13. The van der Waals surface area contributed by atoms with Gasteiger partial charge in [0.2, 0.25) is 5.43 Å². The normalized spacial score (nSPS) is 11.1. The van der Waals surface area contributed by atoms with E-state index in [1.54, 1.807) is 11.3 Å². The molecule has 0 radical (unpaired) electrons. The highest BCUT2D eigenvalue weighted by atomic mass is 35.5. The summed E-state index contributed by atoms with van der Waals surface area (Å²) in [5.41, 5.74) is 1.72. The van der Waals surface area contributed by atoms with Crippen LogP contribution in [0.1, 0.15) is 10.7 Å². The van der Waals surface area contributed by atoms with Crippen molar-refractivity contribution in [2.75, 3.05) is 0 Å². The first-order valence-electron chi connectivity index (χ1n) is 6.22. The van der Waals surface area contributed by atoms with Crippen molar-refractivity contribution in [3.8, 4) is 0 Å². The van der Waals surface area contributed by atoms with Crippen LogP contribution in [0, 0.1) is 0 Å². The highest BCUT2D eigenvalue weighted by Gasteiger charge is 2.05. The van der Waals surface area contributed by atoms with Gasteiger partial charge in [0, 0.05) is 23.7 Å². The predicted molar refractivity (Wildman–Crippen MR) is 81.4 cm³/mol. The summed E-state index contributed by atoms with van der Waals surface area (Å²) in [6.07, 6.45) is 2.15. The number of halogens is 1. The van der Waals surface area contributed by atoms with Gasteiger partial charge in [-0.3, -0.25) is 9.48 Å². The van der Waals surface area contributed by atoms with Gasteiger partial charge in [0.15, 0.2) is 0 Å². The zero-order valence-electron chi connectivity index (χ0n) is 10.6. The van der Waals surface area contributed by atoms with Crippen LogP contribution >= 0.6 is 22.9 Å². The van der Waals surface area contributed by atoms with Gasteiger partial charge >= 0.3 is 0 Å². The summed E-state index contributed by atoms with van der Waals surface area (Å²) in [5.74, 6) is 0.440. The molecule has 6 heteroatoms. The van der Waals surface area contributed by atoms with Gasteiger partial charge in [0.1, 0.15) is 0 Å². The summed E-state index contributed by atoms with van der Waals surface area (Å²) in [6.45, 7) is 0.691. The van der Waals surface area contributed by atoms with Crippen molar-refractivity contribution in [3.05, 3.63) is 56.8 Å². The SMILES string of the molecule is O=c1cnn(CCc2nc(CCl)cs2)c2ccccc12. The van der Waals surface area contributed by atoms with Gasteiger partial charge in [-0.1, -0.05) is 12.1 Å². The Labute approximate surface area is 124 Å². The molecule has 0 aliphatic carbocycles. The third kappa shape index (κ3) is 2.59. The number of rotatable bonds is 4. The minimum atomic E-state index is -0.0458. The number of aryl methyl sites for hydroxylation is 2. The van der Waals surface area contributed by atoms with Gasteiger partial charge in [-0.15, -0.1) is 22.9 Å². The molecule has 2 aromatic heterocycles. The molecule has 4 nitrogen and oxygen atoms in total. The van der Waals surface area contributed by atoms with Crippen LogP contribution in [-0.2, 0) is 18.8 Å². The molecule has 0 unspecified atom stereocenters. The lowest BCUT2D eigenvalue weighted by molar-refractivity contribution is 0.621. The van der Waals surface area contributed by atoms with Crippen LogP contribution in [0.25, 0.3) is 10.9 Å². The molecule has 0 amide bonds. The smallest absolute Gasteiger partial charge is 0.207 e. The molecule has 0 aliphatic heterocycles. The monoisotopic (exact) mass is 305 g/mol. The third-order valence-electron chi connectivity index (χ3n) is 3.04. The van der Waals surface area contributed by atoms with Gasteiger partial charge in [-0.05, 0) is 12.1 Å². The molecule has 0 bridgehead atoms. The molecule has 0 fully saturated rings. The number of para-hydroxylation sites is 1. The number of fused-ring (bicyclic) bond motifs is 1. The van der Waals surface area contributed by atoms with Crippen LogP contribution in [0.5, 0.6) is 0 Å². The van der Waals surface area contributed by atoms with E-state index in [2.05, 4.69) is 10.1 Å². The average Bonchev–Trinajstić information content (AvgIpc) is 2.95. The van der Waals surface area contributed by atoms with E-state index in [4.69, 9.17) is 11.6 Å². The molecule has 1 aromatic carbocycles. The van der Waals surface area contributed by atoms with E-state index >= 15 is 0 Å². The first-order chi connectivity index (χ1) is 9.78. The zero-order valence-corrected chi connectivity index (χ0v) is 12.2. The third-order valence-corrected chi connectivity index (χ3v) is 4.27. The second kappa shape index (κ2) is 5.73. The molecule has 0 atom stereocenters. The average molecular weight is 306 g/mol. The molecular weight excluding hydrogens is 294 g/mol. The number of alkyl halides is 1. The predicted octanol–water partition coefficient (Wildman–Crippen LogP) is 2.83. The molecule has 0 saturated carbocycles. The van der Waals surface area contributed by atoms with Crippen LogP contribution in [0.3, 0.4) is 0 Å². The van der Waals surface area contributed by atoms with Crippen molar-refractivity contribution in [1.29, 1.82) is 0 Å². The molecule has 0 aliphatic rings. The Balaban J connectivity index is 1.87. The molecule has 102 valence electrons. The molecule has 3 aromatic rings. The maximum absolute atomic E-state index is 11.7. The largest absolute Gasteiger partial charge is 0.287 e. The molecule has 0 N–H and O–H groups in total. The summed E-state index contributed by atoms with van der Waals surface area (Å²) in [6, 6.07) is 7.51. The number of nitrogens with zero attached hydrogens (tertiary/aromatic N) is 3. The van der Waals surface area contributed by atoms with E-state index in [-0.39, 0.29) is 5.43 Å². The highest BCUT2D eigenvalue weighted by molar-refractivity contribution is 7.09. The van der Waals surface area contributed by atoms with Gasteiger partial charge in [0.25, 0.3) is 0 Å². The fourth-order valence-electron chi connectivity index (χ4n) is 2.07. The van der Waals surface area contributed by atoms with Crippen LogP contribution in [-0.4, -0.2) is 14.8 Å². The van der Waals surface area contributed by atoms with Gasteiger partial charge in [-0.25, -0.2) is 4.98 Å². The Kier molecular flexibility index (Phi) is 3.80. The summed E-state index contributed by atoms with van der Waals surface area (Å²) in [7, 11) is 0. The standard InChI is InChI=1S/C14H12ClN3OS/c15-7-10-9-20-14(17-10)5-6-18-12-4-2-1-3-11(12)13(19)8-16-18/h1-4,8-9H,5-7H2. The molecule has 0 spiro atoms. The molecular formula is C14H12ClN3OS. The summed E-state index contributed by atoms with van der Waals surface area (Å²) >= 11 is 7.35. The topological polar surface area (TPSA) is 47.8 Å². The molecule has 0 saturated heterocycles. The van der Waals surface area contributed by atoms with Crippen molar-refractivity contribution in [3.63, 3.8) is 0 Å². The van der Waals surface area contributed by atoms with Crippen molar-refractivity contribution in [2.45, 2.75) is 18.8 Å². The minimum Gasteiger partial charge on any atom is -0.287 e. The lowest BCUT2D eigenvalue weighted by Gasteiger charge is -2.07. The van der Waals surface area contributed by atoms with Crippen LogP contribution < -0.4 is 5.43 Å². The van der Waals surface area contributed by atoms with Gasteiger partial charge in [-0.2, -0.15) is 5.10 Å². The maximum atomic E-state index is 11.7. The molecule has 3 rings (SSSR count). The number of hydrogen-bond donors (Lipinski definition) is 0. The second-order valence-corrected chi connectivity index (χ2v) is 5.58. The van der Waals surface area contributed by atoms with E-state index in [0.717, 1.165) is 22.6 Å². The number of hydrogen-bond acceptors (Lipinski definition) is 4. The van der Waals surface area contributed by atoms with Crippen molar-refractivity contribution >= 4 is 33.8 Å². The highest BCUT2D eigenvalue weighted by Crippen LogP contribution is 2.14. The summed E-state index contributed by atoms with van der Waals surface area (Å²) < 4.78 is 1.85. The number of aromatic nitrogens is 3.